The second kappa shape index (κ2) is 10.8. The lowest BCUT2D eigenvalue weighted by Crippen LogP contribution is -2.33. The Labute approximate surface area is 263 Å². The number of benzene rings is 5. The third kappa shape index (κ3) is 4.51. The fraction of sp³-hybridized carbons (Fsp3) is 0.184. The molecule has 6 heteroatoms. The maximum Gasteiger partial charge on any atom is 0.340 e. The van der Waals surface area contributed by atoms with E-state index in [1.54, 1.807) is 0 Å². The summed E-state index contributed by atoms with van der Waals surface area (Å²) in [6.07, 6.45) is 0. The van der Waals surface area contributed by atoms with Gasteiger partial charge in [-0.3, -0.25) is 0 Å². The van der Waals surface area contributed by atoms with Gasteiger partial charge in [-0.05, 0) is 97.6 Å². The van der Waals surface area contributed by atoms with Crippen molar-refractivity contribution in [3.63, 3.8) is 0 Å². The third-order valence-electron chi connectivity index (χ3n) is 8.66. The van der Waals surface area contributed by atoms with E-state index in [1.165, 1.54) is 5.56 Å². The van der Waals surface area contributed by atoms with Crippen molar-refractivity contribution >= 4 is 40.3 Å². The summed E-state index contributed by atoms with van der Waals surface area (Å²) >= 11 is 6.13. The fourth-order valence-corrected chi connectivity index (χ4v) is 6.48. The molecule has 1 unspecified atom stereocenters. The van der Waals surface area contributed by atoms with E-state index in [0.29, 0.717) is 28.0 Å². The summed E-state index contributed by atoms with van der Waals surface area (Å²) in [5, 5.41) is 4.19. The van der Waals surface area contributed by atoms with E-state index in [-0.39, 0.29) is 5.97 Å². The number of carbonyl (C=O) groups excluding carboxylic acids is 1. The number of nitrogens with one attached hydrogen (secondary N) is 1. The molecule has 0 aliphatic carbocycles. The van der Waals surface area contributed by atoms with Crippen molar-refractivity contribution in [2.24, 2.45) is 0 Å². The van der Waals surface area contributed by atoms with Crippen molar-refractivity contribution < 1.29 is 14.3 Å². The zero-order valence-electron chi connectivity index (χ0n) is 25.1. The van der Waals surface area contributed by atoms with Crippen molar-refractivity contribution in [1.82, 2.24) is 0 Å². The summed E-state index contributed by atoms with van der Waals surface area (Å²) in [6.45, 7) is 9.36. The van der Waals surface area contributed by atoms with Crippen molar-refractivity contribution in [3.8, 4) is 11.5 Å². The van der Waals surface area contributed by atoms with Crippen LogP contribution in [0.15, 0.2) is 103 Å². The van der Waals surface area contributed by atoms with E-state index in [2.05, 4.69) is 67.4 Å². The first-order valence-corrected chi connectivity index (χ1v) is 15.4. The molecule has 1 spiro atoms. The van der Waals surface area contributed by atoms with E-state index in [4.69, 9.17) is 21.1 Å². The summed E-state index contributed by atoms with van der Waals surface area (Å²) in [7, 11) is 0. The Bertz CT molecular complexity index is 1900. The summed E-state index contributed by atoms with van der Waals surface area (Å²) < 4.78 is 13.1. The summed E-state index contributed by atoms with van der Waals surface area (Å²) in [4.78, 5) is 15.7. The first-order chi connectivity index (χ1) is 21.3. The Kier molecular flexibility index (Phi) is 6.86. The van der Waals surface area contributed by atoms with Gasteiger partial charge in [-0.2, -0.15) is 0 Å². The van der Waals surface area contributed by atoms with Crippen molar-refractivity contribution in [2.45, 2.75) is 39.2 Å². The molecule has 7 rings (SSSR count). The normalized spacial score (nSPS) is 16.2. The molecule has 44 heavy (non-hydrogen) atoms. The van der Waals surface area contributed by atoms with Gasteiger partial charge in [0.05, 0.1) is 5.56 Å². The summed E-state index contributed by atoms with van der Waals surface area (Å²) in [5.41, 5.74) is 7.96. The SMILES string of the molecule is CCN(c1ccc(C(C)C)cc1)c1ccc2c(c1)Oc1cc(C)c(Nc3ccc(Cl)cc3)cc1C21OC(=O)c2ccccc21. The van der Waals surface area contributed by atoms with E-state index < -0.39 is 5.60 Å². The molecular formula is C38H33ClN2O3. The lowest BCUT2D eigenvalue weighted by Gasteiger charge is -2.38. The van der Waals surface area contributed by atoms with Gasteiger partial charge in [0.2, 0.25) is 0 Å². The smallest absolute Gasteiger partial charge is 0.340 e. The van der Waals surface area contributed by atoms with Crippen LogP contribution in [0.2, 0.25) is 5.02 Å². The standard InChI is InChI=1S/C38H33ClN2O3/c1-5-41(28-16-10-25(11-17-28)23(2)3)29-18-19-32-36(21-29)43-35-20-24(4)34(40-27-14-12-26(39)13-15-27)22-33(35)38(32)31-9-7-6-8-30(31)37(42)44-38/h6-23,40H,5H2,1-4H3. The quantitative estimate of drug-likeness (QED) is 0.196. The van der Waals surface area contributed by atoms with Gasteiger partial charge in [-0.25, -0.2) is 4.79 Å². The molecule has 0 saturated heterocycles. The first-order valence-electron chi connectivity index (χ1n) is 15.0. The van der Waals surface area contributed by atoms with Crippen LogP contribution in [-0.2, 0) is 10.3 Å². The number of hydrogen-bond acceptors (Lipinski definition) is 5. The van der Waals surface area contributed by atoms with Gasteiger partial charge < -0.3 is 19.7 Å². The van der Waals surface area contributed by atoms with E-state index >= 15 is 0 Å². The average Bonchev–Trinajstić information content (AvgIpc) is 3.32. The molecule has 2 aliphatic rings. The minimum Gasteiger partial charge on any atom is -0.456 e. The highest BCUT2D eigenvalue weighted by molar-refractivity contribution is 6.30. The van der Waals surface area contributed by atoms with Gasteiger partial charge in [-0.1, -0.05) is 55.8 Å². The molecule has 0 radical (unpaired) electrons. The molecule has 0 bridgehead atoms. The van der Waals surface area contributed by atoms with Crippen LogP contribution in [0.1, 0.15) is 64.9 Å². The maximum absolute atomic E-state index is 13.4. The van der Waals surface area contributed by atoms with Gasteiger partial charge in [0.25, 0.3) is 0 Å². The largest absolute Gasteiger partial charge is 0.456 e. The topological polar surface area (TPSA) is 50.8 Å². The second-order valence-electron chi connectivity index (χ2n) is 11.7. The van der Waals surface area contributed by atoms with Crippen LogP contribution in [0.3, 0.4) is 0 Å². The molecule has 0 saturated carbocycles. The number of aryl methyl sites for hydroxylation is 1. The molecule has 2 heterocycles. The van der Waals surface area contributed by atoms with Crippen LogP contribution >= 0.6 is 11.6 Å². The Morgan fingerprint density at radius 1 is 0.818 bits per heavy atom. The zero-order chi connectivity index (χ0) is 30.6. The average molecular weight is 601 g/mol. The number of rotatable bonds is 6. The molecule has 5 nitrogen and oxygen atoms in total. The van der Waals surface area contributed by atoms with Crippen LogP contribution in [0.5, 0.6) is 11.5 Å². The minimum atomic E-state index is -1.16. The Morgan fingerprint density at radius 2 is 1.52 bits per heavy atom. The van der Waals surface area contributed by atoms with E-state index in [9.17, 15) is 4.79 Å². The number of fused-ring (bicyclic) bond motifs is 6. The molecule has 0 fully saturated rings. The molecule has 2 aliphatic heterocycles. The number of hydrogen-bond donors (Lipinski definition) is 1. The van der Waals surface area contributed by atoms with Crippen LogP contribution in [0.4, 0.5) is 22.7 Å². The van der Waals surface area contributed by atoms with E-state index in [0.717, 1.165) is 51.5 Å². The number of ether oxygens (including phenoxy) is 2. The Morgan fingerprint density at radius 3 is 2.25 bits per heavy atom. The Balaban J connectivity index is 1.37. The molecule has 1 N–H and O–H groups in total. The third-order valence-corrected chi connectivity index (χ3v) is 8.92. The molecule has 1 atom stereocenters. The van der Waals surface area contributed by atoms with Crippen LogP contribution in [0.25, 0.3) is 0 Å². The molecule has 220 valence electrons. The minimum absolute atomic E-state index is 0.350. The highest BCUT2D eigenvalue weighted by atomic mass is 35.5. The predicted molar refractivity (Wildman–Crippen MR) is 177 cm³/mol. The number of esters is 1. The van der Waals surface area contributed by atoms with Crippen molar-refractivity contribution in [3.05, 3.63) is 142 Å². The predicted octanol–water partition coefficient (Wildman–Crippen LogP) is 10.2. The lowest BCUT2D eigenvalue weighted by molar-refractivity contribution is 0.0224. The molecule has 0 amide bonds. The van der Waals surface area contributed by atoms with Gasteiger partial charge in [0, 0.05) is 57.1 Å². The number of anilines is 4. The molecular weight excluding hydrogens is 568 g/mol. The van der Waals surface area contributed by atoms with Crippen molar-refractivity contribution in [2.75, 3.05) is 16.8 Å². The van der Waals surface area contributed by atoms with Crippen LogP contribution in [-0.4, -0.2) is 12.5 Å². The molecule has 5 aromatic rings. The summed E-state index contributed by atoms with van der Waals surface area (Å²) in [5.74, 6) is 1.43. The summed E-state index contributed by atoms with van der Waals surface area (Å²) in [6, 6.07) is 34.2. The molecule has 0 aromatic heterocycles. The van der Waals surface area contributed by atoms with Gasteiger partial charge in [0.1, 0.15) is 11.5 Å². The van der Waals surface area contributed by atoms with Crippen molar-refractivity contribution in [1.29, 1.82) is 0 Å². The number of carbonyl (C=O) groups is 1. The monoisotopic (exact) mass is 600 g/mol. The lowest BCUT2D eigenvalue weighted by atomic mass is 9.77. The van der Waals surface area contributed by atoms with E-state index in [1.807, 2.05) is 73.7 Å². The highest BCUT2D eigenvalue weighted by Gasteiger charge is 2.53. The highest BCUT2D eigenvalue weighted by Crippen LogP contribution is 2.57. The first kappa shape index (κ1) is 28.1. The molecule has 5 aromatic carbocycles. The Hall–Kier alpha value is -4.74. The number of nitrogens with zero attached hydrogens (tertiary/aromatic N) is 1. The fourth-order valence-electron chi connectivity index (χ4n) is 6.35. The maximum atomic E-state index is 13.4. The second-order valence-corrected chi connectivity index (χ2v) is 12.1. The number of halogens is 1. The van der Waals surface area contributed by atoms with Crippen LogP contribution in [0, 0.1) is 6.92 Å². The van der Waals surface area contributed by atoms with Gasteiger partial charge in [-0.15, -0.1) is 0 Å². The van der Waals surface area contributed by atoms with Gasteiger partial charge in [0.15, 0.2) is 5.60 Å². The van der Waals surface area contributed by atoms with Crippen LogP contribution < -0.4 is 15.0 Å². The van der Waals surface area contributed by atoms with Gasteiger partial charge >= 0.3 is 5.97 Å². The zero-order valence-corrected chi connectivity index (χ0v) is 25.9.